The summed E-state index contributed by atoms with van der Waals surface area (Å²) in [5.41, 5.74) is 2.91. The first-order chi connectivity index (χ1) is 13.7. The van der Waals surface area contributed by atoms with E-state index in [1.54, 1.807) is 0 Å². The minimum absolute atomic E-state index is 0.390. The summed E-state index contributed by atoms with van der Waals surface area (Å²) in [5, 5.41) is 0. The minimum Gasteiger partial charge on any atom is -0.485 e. The number of esters is 1. The van der Waals surface area contributed by atoms with Gasteiger partial charge >= 0.3 is 12.3 Å². The molecule has 0 aliphatic carbocycles. The number of ether oxygens (including phenoxy) is 4. The molecule has 5 nitrogen and oxygen atoms in total. The number of benzene rings is 3. The normalized spacial score (nSPS) is 15.0. The number of para-hydroxylation sites is 2. The molecule has 0 saturated heterocycles. The third kappa shape index (κ3) is 3.78. The van der Waals surface area contributed by atoms with Crippen LogP contribution in [0.4, 0.5) is 0 Å². The van der Waals surface area contributed by atoms with E-state index in [0.717, 1.165) is 16.7 Å². The molecule has 0 N–H and O–H groups in total. The number of carbonyl (C=O) groups is 1. The van der Waals surface area contributed by atoms with E-state index in [2.05, 4.69) is 0 Å². The summed E-state index contributed by atoms with van der Waals surface area (Å²) >= 11 is 0. The monoisotopic (exact) mass is 376 g/mol. The van der Waals surface area contributed by atoms with Crippen molar-refractivity contribution >= 4 is 5.97 Å². The van der Waals surface area contributed by atoms with E-state index in [-0.39, 0.29) is 0 Å². The first kappa shape index (κ1) is 17.9. The van der Waals surface area contributed by atoms with Gasteiger partial charge in [0.1, 0.15) is 12.4 Å². The van der Waals surface area contributed by atoms with Crippen molar-refractivity contribution in [3.63, 3.8) is 0 Å². The highest BCUT2D eigenvalue weighted by Gasteiger charge is 2.29. The smallest absolute Gasteiger partial charge is 0.389 e. The topological polar surface area (TPSA) is 54.0 Å². The maximum absolute atomic E-state index is 12.2. The average Bonchev–Trinajstić information content (AvgIpc) is 2.72. The lowest BCUT2D eigenvalue weighted by atomic mass is 10.0. The van der Waals surface area contributed by atoms with Crippen LogP contribution >= 0.6 is 0 Å². The van der Waals surface area contributed by atoms with Crippen molar-refractivity contribution in [3.05, 3.63) is 89.5 Å². The second kappa shape index (κ2) is 8.05. The Morgan fingerprint density at radius 1 is 0.929 bits per heavy atom. The Labute approximate surface area is 163 Å². The molecule has 1 atom stereocenters. The molecule has 0 bridgehead atoms. The summed E-state index contributed by atoms with van der Waals surface area (Å²) in [4.78, 5) is 12.2. The summed E-state index contributed by atoms with van der Waals surface area (Å²) in [6.45, 7) is 0.390. The Hall–Kier alpha value is -3.47. The van der Waals surface area contributed by atoms with Crippen LogP contribution in [0, 0.1) is 0 Å². The number of fused-ring (bicyclic) bond motifs is 2. The molecule has 1 aliphatic heterocycles. The van der Waals surface area contributed by atoms with E-state index >= 15 is 0 Å². The van der Waals surface area contributed by atoms with Crippen LogP contribution in [0.1, 0.15) is 16.7 Å². The molecule has 1 aliphatic rings. The first-order valence-electron chi connectivity index (χ1n) is 9.02. The molecule has 5 heteroatoms. The second-order valence-electron chi connectivity index (χ2n) is 6.39. The molecular formula is C23H20O5. The standard InChI is InChI=1S/C23H20O5/c1-25-22(24)23-27-19-12-6-5-10-17(19)14-18-11-7-13-20(21(18)28-23)26-15-16-8-3-2-4-9-16/h2-13,23H,14-15H2,1H3. The van der Waals surface area contributed by atoms with Crippen LogP contribution in [0.15, 0.2) is 72.8 Å². The molecule has 1 unspecified atom stereocenters. The molecule has 0 radical (unpaired) electrons. The maximum Gasteiger partial charge on any atom is 0.389 e. The summed E-state index contributed by atoms with van der Waals surface area (Å²) in [6.07, 6.45) is -0.617. The van der Waals surface area contributed by atoms with Crippen LogP contribution < -0.4 is 14.2 Å². The lowest BCUT2D eigenvalue weighted by molar-refractivity contribution is -0.162. The lowest BCUT2D eigenvalue weighted by Gasteiger charge is -2.25. The third-order valence-corrected chi connectivity index (χ3v) is 4.50. The molecule has 0 saturated carbocycles. The van der Waals surface area contributed by atoms with Crippen molar-refractivity contribution in [2.75, 3.05) is 7.11 Å². The van der Waals surface area contributed by atoms with Gasteiger partial charge in [0.2, 0.25) is 0 Å². The van der Waals surface area contributed by atoms with E-state index in [0.29, 0.717) is 30.3 Å². The van der Waals surface area contributed by atoms with Gasteiger partial charge in [-0.3, -0.25) is 0 Å². The Kier molecular flexibility index (Phi) is 5.15. The summed E-state index contributed by atoms with van der Waals surface area (Å²) < 4.78 is 22.6. The molecule has 28 heavy (non-hydrogen) atoms. The molecule has 0 amide bonds. The Morgan fingerprint density at radius 3 is 2.50 bits per heavy atom. The molecule has 142 valence electrons. The predicted octanol–water partition coefficient (Wildman–Crippen LogP) is 4.13. The van der Waals surface area contributed by atoms with Gasteiger partial charge < -0.3 is 18.9 Å². The van der Waals surface area contributed by atoms with Crippen molar-refractivity contribution in [1.29, 1.82) is 0 Å². The third-order valence-electron chi connectivity index (χ3n) is 4.50. The molecule has 0 aromatic heterocycles. The van der Waals surface area contributed by atoms with Crippen molar-refractivity contribution in [1.82, 2.24) is 0 Å². The number of carbonyl (C=O) groups excluding carboxylic acids is 1. The Morgan fingerprint density at radius 2 is 1.68 bits per heavy atom. The SMILES string of the molecule is COC(=O)C1Oc2ccccc2Cc2cccc(OCc3ccccc3)c2O1. The summed E-state index contributed by atoms with van der Waals surface area (Å²) in [6, 6.07) is 23.1. The molecule has 0 fully saturated rings. The summed E-state index contributed by atoms with van der Waals surface area (Å²) in [5.74, 6) is 1.03. The molecule has 3 aromatic carbocycles. The highest BCUT2D eigenvalue weighted by molar-refractivity contribution is 5.74. The van der Waals surface area contributed by atoms with Crippen LogP contribution in [0.25, 0.3) is 0 Å². The van der Waals surface area contributed by atoms with Gasteiger partial charge in [0.15, 0.2) is 11.5 Å². The molecule has 0 spiro atoms. The number of rotatable bonds is 4. The van der Waals surface area contributed by atoms with Crippen molar-refractivity contribution in [3.8, 4) is 17.2 Å². The van der Waals surface area contributed by atoms with Crippen molar-refractivity contribution in [2.45, 2.75) is 19.3 Å². The van der Waals surface area contributed by atoms with Crippen LogP contribution in [-0.2, 0) is 22.6 Å². The number of methoxy groups -OCH3 is 1. The van der Waals surface area contributed by atoms with Crippen LogP contribution in [0.2, 0.25) is 0 Å². The second-order valence-corrected chi connectivity index (χ2v) is 6.39. The zero-order chi connectivity index (χ0) is 19.3. The van der Waals surface area contributed by atoms with Gasteiger partial charge in [-0.1, -0.05) is 60.7 Å². The average molecular weight is 376 g/mol. The van der Waals surface area contributed by atoms with Gasteiger partial charge in [-0.15, -0.1) is 0 Å². The molecule has 4 rings (SSSR count). The van der Waals surface area contributed by atoms with E-state index < -0.39 is 12.3 Å². The van der Waals surface area contributed by atoms with Crippen LogP contribution in [0.3, 0.4) is 0 Å². The lowest BCUT2D eigenvalue weighted by Crippen LogP contribution is -2.35. The molecular weight excluding hydrogens is 356 g/mol. The van der Waals surface area contributed by atoms with E-state index in [4.69, 9.17) is 18.9 Å². The van der Waals surface area contributed by atoms with Gasteiger partial charge in [-0.25, -0.2) is 4.79 Å². The Bertz CT molecular complexity index is 968. The minimum atomic E-state index is -1.22. The van der Waals surface area contributed by atoms with Gasteiger partial charge in [-0.05, 0) is 23.3 Å². The fourth-order valence-electron chi connectivity index (χ4n) is 3.09. The number of hydrogen-bond acceptors (Lipinski definition) is 5. The van der Waals surface area contributed by atoms with Crippen molar-refractivity contribution in [2.24, 2.45) is 0 Å². The van der Waals surface area contributed by atoms with Gasteiger partial charge in [0.05, 0.1) is 7.11 Å². The quantitative estimate of drug-likeness (QED) is 0.641. The number of hydrogen-bond donors (Lipinski definition) is 0. The predicted molar refractivity (Wildman–Crippen MR) is 104 cm³/mol. The highest BCUT2D eigenvalue weighted by atomic mass is 16.7. The summed E-state index contributed by atoms with van der Waals surface area (Å²) in [7, 11) is 1.30. The van der Waals surface area contributed by atoms with Crippen LogP contribution in [-0.4, -0.2) is 19.4 Å². The zero-order valence-corrected chi connectivity index (χ0v) is 15.5. The first-order valence-corrected chi connectivity index (χ1v) is 9.02. The largest absolute Gasteiger partial charge is 0.485 e. The van der Waals surface area contributed by atoms with E-state index in [1.807, 2.05) is 72.8 Å². The fraction of sp³-hybridized carbons (Fsp3) is 0.174. The van der Waals surface area contributed by atoms with Gasteiger partial charge in [0, 0.05) is 12.0 Å². The van der Waals surface area contributed by atoms with Gasteiger partial charge in [-0.2, -0.15) is 0 Å². The van der Waals surface area contributed by atoms with Crippen LogP contribution in [0.5, 0.6) is 17.2 Å². The maximum atomic E-state index is 12.2. The van der Waals surface area contributed by atoms with E-state index in [1.165, 1.54) is 7.11 Å². The fourth-order valence-corrected chi connectivity index (χ4v) is 3.09. The van der Waals surface area contributed by atoms with Gasteiger partial charge in [0.25, 0.3) is 0 Å². The van der Waals surface area contributed by atoms with E-state index in [9.17, 15) is 4.79 Å². The van der Waals surface area contributed by atoms with Crippen molar-refractivity contribution < 1.29 is 23.7 Å². The Balaban J connectivity index is 1.70. The zero-order valence-electron chi connectivity index (χ0n) is 15.5. The molecule has 1 heterocycles. The molecule has 3 aromatic rings. The highest BCUT2D eigenvalue weighted by Crippen LogP contribution is 2.38.